The van der Waals surface area contributed by atoms with Crippen molar-refractivity contribution in [2.24, 2.45) is 7.05 Å². The first kappa shape index (κ1) is 18.9. The Morgan fingerprint density at radius 3 is 2.45 bits per heavy atom. The van der Waals surface area contributed by atoms with E-state index in [0.29, 0.717) is 17.3 Å². The Kier molecular flexibility index (Phi) is 4.63. The summed E-state index contributed by atoms with van der Waals surface area (Å²) in [4.78, 5) is 18.6. The molecule has 0 fully saturated rings. The van der Waals surface area contributed by atoms with Crippen molar-refractivity contribution in [1.29, 1.82) is 0 Å². The fraction of sp³-hybridized carbons (Fsp3) is 0.125. The molecule has 2 aromatic heterocycles. The van der Waals surface area contributed by atoms with Crippen molar-refractivity contribution in [3.8, 4) is 33.9 Å². The molecule has 2 aromatic carbocycles. The predicted octanol–water partition coefficient (Wildman–Crippen LogP) is 4.56. The highest BCUT2D eigenvalue weighted by atomic mass is 16.7. The molecule has 0 spiro atoms. The summed E-state index contributed by atoms with van der Waals surface area (Å²) in [5.74, 6) is 1.95. The fourth-order valence-electron chi connectivity index (χ4n) is 3.83. The summed E-state index contributed by atoms with van der Waals surface area (Å²) in [5, 5.41) is 4.82. The number of aryl methyl sites for hydroxylation is 1. The van der Waals surface area contributed by atoms with Gasteiger partial charge >= 0.3 is 0 Å². The number of aromatic nitrogens is 3. The third kappa shape index (κ3) is 3.30. The molecule has 1 aliphatic rings. The number of rotatable bonds is 4. The Balaban J connectivity index is 1.77. The molecule has 4 aromatic rings. The molecule has 0 N–H and O–H groups in total. The fourth-order valence-corrected chi connectivity index (χ4v) is 3.83. The molecule has 7 heteroatoms. The minimum absolute atomic E-state index is 0.109. The van der Waals surface area contributed by atoms with Crippen LogP contribution in [0, 0.1) is 0 Å². The lowest BCUT2D eigenvalue weighted by Crippen LogP contribution is -2.25. The van der Waals surface area contributed by atoms with Gasteiger partial charge in [-0.2, -0.15) is 5.10 Å². The van der Waals surface area contributed by atoms with Crippen LogP contribution in [0.3, 0.4) is 0 Å². The molecule has 0 atom stereocenters. The Labute approximate surface area is 179 Å². The predicted molar refractivity (Wildman–Crippen MR) is 117 cm³/mol. The molecule has 31 heavy (non-hydrogen) atoms. The smallest absolute Gasteiger partial charge is 0.231 e. The number of hydrogen-bond donors (Lipinski definition) is 0. The van der Waals surface area contributed by atoms with E-state index >= 15 is 0 Å². The van der Waals surface area contributed by atoms with Crippen LogP contribution in [0.25, 0.3) is 22.4 Å². The number of pyridine rings is 1. The number of hydrogen-bond acceptors (Lipinski definition) is 5. The van der Waals surface area contributed by atoms with Gasteiger partial charge in [-0.1, -0.05) is 18.2 Å². The van der Waals surface area contributed by atoms with Crippen molar-refractivity contribution in [2.45, 2.75) is 6.92 Å². The number of carbonyl (C=O) groups is 1. The maximum Gasteiger partial charge on any atom is 0.231 e. The number of benzene rings is 2. The highest BCUT2D eigenvalue weighted by molar-refractivity contribution is 6.04. The van der Waals surface area contributed by atoms with E-state index in [2.05, 4.69) is 4.98 Å². The zero-order valence-corrected chi connectivity index (χ0v) is 17.1. The van der Waals surface area contributed by atoms with Gasteiger partial charge in [0.25, 0.3) is 0 Å². The summed E-state index contributed by atoms with van der Waals surface area (Å²) in [6.07, 6.45) is 3.46. The van der Waals surface area contributed by atoms with Crippen LogP contribution < -0.4 is 14.4 Å². The number of ether oxygens (including phenoxy) is 2. The minimum Gasteiger partial charge on any atom is -0.454 e. The summed E-state index contributed by atoms with van der Waals surface area (Å²) in [6.45, 7) is 1.76. The van der Waals surface area contributed by atoms with Gasteiger partial charge < -0.3 is 9.47 Å². The number of carbonyl (C=O) groups excluding carboxylic acids is 1. The molecule has 5 rings (SSSR count). The average Bonchev–Trinajstić information content (AvgIpc) is 3.39. The van der Waals surface area contributed by atoms with Crippen LogP contribution in [0.4, 0.5) is 11.5 Å². The molecule has 0 saturated heterocycles. The molecular weight excluding hydrogens is 392 g/mol. The second-order valence-corrected chi connectivity index (χ2v) is 7.16. The van der Waals surface area contributed by atoms with Crippen molar-refractivity contribution < 1.29 is 14.3 Å². The molecule has 0 bridgehead atoms. The normalized spacial score (nSPS) is 12.1. The van der Waals surface area contributed by atoms with Crippen LogP contribution in [-0.4, -0.2) is 27.5 Å². The molecule has 154 valence electrons. The van der Waals surface area contributed by atoms with Crippen molar-refractivity contribution in [1.82, 2.24) is 14.8 Å². The second kappa shape index (κ2) is 7.60. The van der Waals surface area contributed by atoms with Crippen LogP contribution in [0.15, 0.2) is 73.1 Å². The second-order valence-electron chi connectivity index (χ2n) is 7.16. The molecule has 1 amide bonds. The lowest BCUT2D eigenvalue weighted by molar-refractivity contribution is -0.115. The van der Waals surface area contributed by atoms with Gasteiger partial charge in [-0.15, -0.1) is 0 Å². The first-order valence-electron chi connectivity index (χ1n) is 9.86. The first-order chi connectivity index (χ1) is 15.1. The highest BCUT2D eigenvalue weighted by Crippen LogP contribution is 2.44. The Hall–Kier alpha value is -4.13. The van der Waals surface area contributed by atoms with E-state index in [9.17, 15) is 4.79 Å². The van der Waals surface area contributed by atoms with E-state index in [0.717, 1.165) is 28.1 Å². The third-order valence-electron chi connectivity index (χ3n) is 5.17. The topological polar surface area (TPSA) is 69.5 Å². The van der Waals surface area contributed by atoms with Crippen LogP contribution in [0.2, 0.25) is 0 Å². The Morgan fingerprint density at radius 2 is 1.71 bits per heavy atom. The number of fused-ring (bicyclic) bond motifs is 1. The maximum absolute atomic E-state index is 12.8. The molecule has 3 heterocycles. The van der Waals surface area contributed by atoms with Gasteiger partial charge in [-0.25, -0.2) is 0 Å². The van der Waals surface area contributed by atoms with Crippen LogP contribution >= 0.6 is 0 Å². The van der Waals surface area contributed by atoms with Gasteiger partial charge in [-0.3, -0.25) is 19.4 Å². The molecule has 0 radical (unpaired) electrons. The maximum atomic E-state index is 12.8. The number of para-hydroxylation sites is 1. The summed E-state index contributed by atoms with van der Waals surface area (Å²) < 4.78 is 12.8. The lowest BCUT2D eigenvalue weighted by Gasteiger charge is -2.23. The van der Waals surface area contributed by atoms with E-state index in [4.69, 9.17) is 14.6 Å². The summed E-state index contributed by atoms with van der Waals surface area (Å²) in [6, 6.07) is 19.1. The van der Waals surface area contributed by atoms with Gasteiger partial charge in [0.2, 0.25) is 12.7 Å². The first-order valence-corrected chi connectivity index (χ1v) is 9.86. The van der Waals surface area contributed by atoms with E-state index in [1.807, 2.05) is 67.7 Å². The standard InChI is InChI=1S/C24H20N4O3/c1-16(29)28(19-6-4-3-5-7-19)24-22(17-10-12-25-13-11-17)23(26-27(24)2)18-8-9-20-21(14-18)31-15-30-20/h3-14H,15H2,1-2H3. The zero-order valence-electron chi connectivity index (χ0n) is 17.1. The molecular formula is C24H20N4O3. The Bertz CT molecular complexity index is 1250. The van der Waals surface area contributed by atoms with E-state index in [-0.39, 0.29) is 12.7 Å². The average molecular weight is 412 g/mol. The van der Waals surface area contributed by atoms with Crippen LogP contribution in [0.5, 0.6) is 11.5 Å². The molecule has 0 unspecified atom stereocenters. The number of nitrogens with zero attached hydrogens (tertiary/aromatic N) is 4. The number of amides is 1. The van der Waals surface area contributed by atoms with E-state index in [1.165, 1.54) is 0 Å². The van der Waals surface area contributed by atoms with Crippen LogP contribution in [-0.2, 0) is 11.8 Å². The van der Waals surface area contributed by atoms with Gasteiger partial charge in [0.05, 0.1) is 11.3 Å². The quantitative estimate of drug-likeness (QED) is 0.491. The Morgan fingerprint density at radius 1 is 0.968 bits per heavy atom. The molecule has 0 saturated carbocycles. The molecule has 0 aliphatic carbocycles. The lowest BCUT2D eigenvalue weighted by atomic mass is 10.0. The van der Waals surface area contributed by atoms with Gasteiger partial charge in [-0.05, 0) is 48.0 Å². The summed E-state index contributed by atoms with van der Waals surface area (Å²) >= 11 is 0. The van der Waals surface area contributed by atoms with Gasteiger partial charge in [0.1, 0.15) is 11.5 Å². The molecule has 1 aliphatic heterocycles. The third-order valence-corrected chi connectivity index (χ3v) is 5.17. The number of anilines is 2. The SMILES string of the molecule is CC(=O)N(c1ccccc1)c1c(-c2ccncc2)c(-c2ccc3c(c2)OCO3)nn1C. The zero-order chi connectivity index (χ0) is 21.4. The summed E-state index contributed by atoms with van der Waals surface area (Å²) in [7, 11) is 1.84. The van der Waals surface area contributed by atoms with Crippen molar-refractivity contribution in [3.63, 3.8) is 0 Å². The summed E-state index contributed by atoms with van der Waals surface area (Å²) in [5.41, 5.74) is 4.12. The van der Waals surface area contributed by atoms with Crippen LogP contribution in [0.1, 0.15) is 6.92 Å². The molecule has 7 nitrogen and oxygen atoms in total. The van der Waals surface area contributed by atoms with Crippen molar-refractivity contribution in [2.75, 3.05) is 11.7 Å². The van der Waals surface area contributed by atoms with E-state index < -0.39 is 0 Å². The largest absolute Gasteiger partial charge is 0.454 e. The highest BCUT2D eigenvalue weighted by Gasteiger charge is 2.28. The minimum atomic E-state index is -0.109. The van der Waals surface area contributed by atoms with Gasteiger partial charge in [0.15, 0.2) is 11.5 Å². The van der Waals surface area contributed by atoms with Crippen molar-refractivity contribution in [3.05, 3.63) is 73.1 Å². The monoisotopic (exact) mass is 412 g/mol. The van der Waals surface area contributed by atoms with E-state index in [1.54, 1.807) is 28.9 Å². The van der Waals surface area contributed by atoms with Crippen molar-refractivity contribution >= 4 is 17.4 Å². The van der Waals surface area contributed by atoms with Gasteiger partial charge in [0, 0.05) is 31.9 Å².